The number of amides is 2. The van der Waals surface area contributed by atoms with Gasteiger partial charge in [-0.1, -0.05) is 53.5 Å². The van der Waals surface area contributed by atoms with E-state index in [-0.39, 0.29) is 28.1 Å². The summed E-state index contributed by atoms with van der Waals surface area (Å²) in [6, 6.07) is 18.2. The van der Waals surface area contributed by atoms with E-state index in [9.17, 15) is 18.0 Å². The van der Waals surface area contributed by atoms with Crippen LogP contribution in [0.15, 0.2) is 77.7 Å². The van der Waals surface area contributed by atoms with Gasteiger partial charge in [-0.05, 0) is 61.9 Å². The maximum atomic E-state index is 13.8. The van der Waals surface area contributed by atoms with Crippen LogP contribution in [-0.4, -0.2) is 51.4 Å². The van der Waals surface area contributed by atoms with Crippen molar-refractivity contribution in [2.45, 2.75) is 31.3 Å². The van der Waals surface area contributed by atoms with Crippen LogP contribution < -0.4 is 14.4 Å². The smallest absolute Gasteiger partial charge is 0.264 e. The zero-order valence-electron chi connectivity index (χ0n) is 21.2. The van der Waals surface area contributed by atoms with Crippen molar-refractivity contribution in [2.24, 2.45) is 0 Å². The molecule has 0 aromatic heterocycles. The standard InChI is InChI=1S/C27H29Cl2N3O5S/c1-4-30-27(34)19(2)31(17-20-10-13-22(37-3)14-11-20)26(33)18-32(25-15-12-21(28)16-24(25)29)38(35,36)23-8-6-5-7-9-23/h5-16,19H,4,17-18H2,1-3H3,(H,30,34). The Hall–Kier alpha value is -3.27. The topological polar surface area (TPSA) is 96.0 Å². The van der Waals surface area contributed by atoms with Crippen LogP contribution in [-0.2, 0) is 26.2 Å². The average molecular weight is 579 g/mol. The molecule has 0 fully saturated rings. The molecule has 202 valence electrons. The lowest BCUT2D eigenvalue weighted by Gasteiger charge is -2.32. The first-order valence-electron chi connectivity index (χ1n) is 11.8. The molecule has 3 aromatic rings. The molecule has 0 heterocycles. The van der Waals surface area contributed by atoms with Crippen LogP contribution in [0, 0.1) is 0 Å². The van der Waals surface area contributed by atoms with Gasteiger partial charge in [0, 0.05) is 18.1 Å². The number of benzene rings is 3. The number of rotatable bonds is 11. The molecule has 8 nitrogen and oxygen atoms in total. The molecule has 0 radical (unpaired) electrons. The van der Waals surface area contributed by atoms with Crippen LogP contribution in [0.4, 0.5) is 5.69 Å². The van der Waals surface area contributed by atoms with Gasteiger partial charge in [0.25, 0.3) is 10.0 Å². The molecule has 0 aliphatic rings. The summed E-state index contributed by atoms with van der Waals surface area (Å²) < 4.78 is 33.6. The fraction of sp³-hybridized carbons (Fsp3) is 0.259. The molecule has 0 saturated carbocycles. The van der Waals surface area contributed by atoms with Crippen LogP contribution >= 0.6 is 23.2 Å². The largest absolute Gasteiger partial charge is 0.497 e. The third kappa shape index (κ3) is 6.98. The van der Waals surface area contributed by atoms with Gasteiger partial charge < -0.3 is 15.0 Å². The van der Waals surface area contributed by atoms with Crippen molar-refractivity contribution in [1.29, 1.82) is 0 Å². The molecular weight excluding hydrogens is 549 g/mol. The van der Waals surface area contributed by atoms with Crippen molar-refractivity contribution in [2.75, 3.05) is 24.5 Å². The molecule has 2 amide bonds. The van der Waals surface area contributed by atoms with Gasteiger partial charge in [-0.25, -0.2) is 8.42 Å². The third-order valence-electron chi connectivity index (χ3n) is 5.82. The first kappa shape index (κ1) is 29.3. The molecular formula is C27H29Cl2N3O5S. The van der Waals surface area contributed by atoms with E-state index in [1.807, 2.05) is 0 Å². The summed E-state index contributed by atoms with van der Waals surface area (Å²) in [5.41, 5.74) is 0.820. The van der Waals surface area contributed by atoms with Gasteiger partial charge in [0.05, 0.1) is 22.7 Å². The van der Waals surface area contributed by atoms with Gasteiger partial charge in [-0.2, -0.15) is 0 Å². The molecule has 11 heteroatoms. The summed E-state index contributed by atoms with van der Waals surface area (Å²) in [5.74, 6) is -0.317. The highest BCUT2D eigenvalue weighted by Gasteiger charge is 2.33. The second kappa shape index (κ2) is 13.0. The molecule has 38 heavy (non-hydrogen) atoms. The van der Waals surface area contributed by atoms with E-state index in [0.29, 0.717) is 17.3 Å². The Kier molecular flexibility index (Phi) is 10.0. The molecule has 1 atom stereocenters. The minimum atomic E-state index is -4.21. The lowest BCUT2D eigenvalue weighted by molar-refractivity contribution is -0.139. The SMILES string of the molecule is CCNC(=O)C(C)N(Cc1ccc(OC)cc1)C(=O)CN(c1ccc(Cl)cc1Cl)S(=O)(=O)c1ccccc1. The molecule has 1 N–H and O–H groups in total. The number of nitrogens with zero attached hydrogens (tertiary/aromatic N) is 2. The number of nitrogens with one attached hydrogen (secondary N) is 1. The molecule has 1 unspecified atom stereocenters. The predicted octanol–water partition coefficient (Wildman–Crippen LogP) is 4.75. The Morgan fingerprint density at radius 3 is 2.24 bits per heavy atom. The Balaban J connectivity index is 2.04. The number of halogens is 2. The van der Waals surface area contributed by atoms with E-state index in [4.69, 9.17) is 27.9 Å². The maximum Gasteiger partial charge on any atom is 0.264 e. The Morgan fingerprint density at radius 2 is 1.66 bits per heavy atom. The summed E-state index contributed by atoms with van der Waals surface area (Å²) in [6.07, 6.45) is 0. The van der Waals surface area contributed by atoms with Crippen LogP contribution in [0.1, 0.15) is 19.4 Å². The van der Waals surface area contributed by atoms with Crippen LogP contribution in [0.25, 0.3) is 0 Å². The van der Waals surface area contributed by atoms with Crippen molar-refractivity contribution < 1.29 is 22.7 Å². The number of likely N-dealkylation sites (N-methyl/N-ethyl adjacent to an activating group) is 1. The molecule has 0 spiro atoms. The predicted molar refractivity (Wildman–Crippen MR) is 149 cm³/mol. The number of ether oxygens (including phenoxy) is 1. The first-order valence-corrected chi connectivity index (χ1v) is 14.0. The number of carbonyl (C=O) groups excluding carboxylic acids is 2. The highest BCUT2D eigenvalue weighted by atomic mass is 35.5. The zero-order valence-corrected chi connectivity index (χ0v) is 23.6. The number of sulfonamides is 1. The Morgan fingerprint density at radius 1 is 1.00 bits per heavy atom. The number of hydrogen-bond donors (Lipinski definition) is 1. The molecule has 3 aromatic carbocycles. The van der Waals surface area contributed by atoms with Crippen molar-refractivity contribution in [3.63, 3.8) is 0 Å². The fourth-order valence-corrected chi connectivity index (χ4v) is 5.76. The molecule has 0 aliphatic carbocycles. The highest BCUT2D eigenvalue weighted by Crippen LogP contribution is 2.33. The van der Waals surface area contributed by atoms with Crippen LogP contribution in [0.2, 0.25) is 10.0 Å². The van der Waals surface area contributed by atoms with Gasteiger partial charge in [0.2, 0.25) is 11.8 Å². The van der Waals surface area contributed by atoms with Crippen LogP contribution in [0.3, 0.4) is 0 Å². The minimum absolute atomic E-state index is 0.0164. The van der Waals surface area contributed by atoms with Gasteiger partial charge >= 0.3 is 0 Å². The van der Waals surface area contributed by atoms with Gasteiger partial charge in [0.15, 0.2) is 0 Å². The van der Waals surface area contributed by atoms with Crippen molar-refractivity contribution in [1.82, 2.24) is 10.2 Å². The Bertz CT molecular complexity index is 1370. The molecule has 0 aliphatic heterocycles. The average Bonchev–Trinajstić information content (AvgIpc) is 2.91. The molecule has 0 saturated heterocycles. The number of methoxy groups -OCH3 is 1. The lowest BCUT2D eigenvalue weighted by Crippen LogP contribution is -2.51. The summed E-state index contributed by atoms with van der Waals surface area (Å²) in [7, 11) is -2.67. The first-order chi connectivity index (χ1) is 18.1. The highest BCUT2D eigenvalue weighted by molar-refractivity contribution is 7.92. The van der Waals surface area contributed by atoms with Gasteiger partial charge in [0.1, 0.15) is 18.3 Å². The molecule has 0 bridgehead atoms. The van der Waals surface area contributed by atoms with Gasteiger partial charge in [-0.15, -0.1) is 0 Å². The van der Waals surface area contributed by atoms with Gasteiger partial charge in [-0.3, -0.25) is 13.9 Å². The van der Waals surface area contributed by atoms with E-state index in [2.05, 4.69) is 5.32 Å². The fourth-order valence-electron chi connectivity index (χ4n) is 3.75. The lowest BCUT2D eigenvalue weighted by atomic mass is 10.1. The number of hydrogen-bond acceptors (Lipinski definition) is 5. The van der Waals surface area contributed by atoms with E-state index in [0.717, 1.165) is 9.87 Å². The number of carbonyl (C=O) groups is 2. The van der Waals surface area contributed by atoms with E-state index in [1.165, 1.54) is 35.2 Å². The zero-order chi connectivity index (χ0) is 27.9. The summed E-state index contributed by atoms with van der Waals surface area (Å²) in [4.78, 5) is 27.9. The third-order valence-corrected chi connectivity index (χ3v) is 8.13. The summed E-state index contributed by atoms with van der Waals surface area (Å²) >= 11 is 12.4. The van der Waals surface area contributed by atoms with E-state index < -0.39 is 28.5 Å². The van der Waals surface area contributed by atoms with E-state index in [1.54, 1.807) is 63.4 Å². The minimum Gasteiger partial charge on any atom is -0.497 e. The normalized spacial score (nSPS) is 11.9. The van der Waals surface area contributed by atoms with E-state index >= 15 is 0 Å². The van der Waals surface area contributed by atoms with Crippen molar-refractivity contribution in [3.8, 4) is 5.75 Å². The summed E-state index contributed by atoms with van der Waals surface area (Å²) in [5, 5.41) is 3.09. The number of anilines is 1. The second-order valence-electron chi connectivity index (χ2n) is 8.36. The maximum absolute atomic E-state index is 13.8. The molecule has 3 rings (SSSR count). The Labute approximate surface area is 233 Å². The monoisotopic (exact) mass is 577 g/mol. The second-order valence-corrected chi connectivity index (χ2v) is 11.1. The van der Waals surface area contributed by atoms with Crippen LogP contribution in [0.5, 0.6) is 5.75 Å². The quantitative estimate of drug-likeness (QED) is 0.354. The van der Waals surface area contributed by atoms with Crippen molar-refractivity contribution in [3.05, 3.63) is 88.4 Å². The summed E-state index contributed by atoms with van der Waals surface area (Å²) in [6.45, 7) is 3.21. The van der Waals surface area contributed by atoms with Crippen molar-refractivity contribution >= 4 is 50.7 Å².